The molecule has 1 atom stereocenters. The van der Waals surface area contributed by atoms with Gasteiger partial charge in [0.2, 0.25) is 10.9 Å². The Kier molecular flexibility index (Phi) is 4.04. The summed E-state index contributed by atoms with van der Waals surface area (Å²) in [5.41, 5.74) is 1.32. The summed E-state index contributed by atoms with van der Waals surface area (Å²) in [5.74, 6) is -1.18. The first-order valence-electron chi connectivity index (χ1n) is 7.87. The first kappa shape index (κ1) is 17.0. The van der Waals surface area contributed by atoms with Crippen LogP contribution in [0.5, 0.6) is 0 Å². The van der Waals surface area contributed by atoms with Crippen LogP contribution in [-0.2, 0) is 4.79 Å². The molecule has 0 saturated heterocycles. The van der Waals surface area contributed by atoms with E-state index in [1.807, 2.05) is 0 Å². The lowest BCUT2D eigenvalue weighted by molar-refractivity contribution is -0.117. The summed E-state index contributed by atoms with van der Waals surface area (Å²) in [6.07, 6.45) is 1.34. The van der Waals surface area contributed by atoms with Gasteiger partial charge in [-0.3, -0.25) is 14.5 Å². The van der Waals surface area contributed by atoms with Crippen molar-refractivity contribution in [3.63, 3.8) is 0 Å². The number of rotatable bonds is 5. The maximum absolute atomic E-state index is 12.9. The Morgan fingerprint density at radius 2 is 2.15 bits per heavy atom. The molecular formula is C17H14N4O5S. The molecule has 3 aromatic heterocycles. The topological polar surface area (TPSA) is 113 Å². The quantitative estimate of drug-likeness (QED) is 0.666. The van der Waals surface area contributed by atoms with Gasteiger partial charge in [0, 0.05) is 20.2 Å². The lowest BCUT2D eigenvalue weighted by Crippen LogP contribution is -2.30. The minimum atomic E-state index is -0.989. The van der Waals surface area contributed by atoms with Crippen LogP contribution in [0.4, 0.5) is 11.0 Å². The van der Waals surface area contributed by atoms with Gasteiger partial charge >= 0.3 is 0 Å². The van der Waals surface area contributed by atoms with Crippen molar-refractivity contribution in [3.8, 4) is 0 Å². The van der Waals surface area contributed by atoms with Crippen molar-refractivity contribution >= 4 is 34.0 Å². The lowest BCUT2D eigenvalue weighted by Gasteiger charge is -2.21. The molecule has 4 heterocycles. The number of furan rings is 2. The van der Waals surface area contributed by atoms with E-state index in [9.17, 15) is 14.7 Å². The molecule has 3 aromatic rings. The SMILES string of the molecule is CN(C)c1ccc(C2C(C(=O)c3ccco3)=C(O)C(=O)N2c2nncs2)o1. The number of carbonyl (C=O) groups is 2. The van der Waals surface area contributed by atoms with Crippen LogP contribution in [0.15, 0.2) is 56.2 Å². The monoisotopic (exact) mass is 386 g/mol. The Morgan fingerprint density at radius 3 is 2.74 bits per heavy atom. The van der Waals surface area contributed by atoms with Crippen molar-refractivity contribution in [3.05, 3.63) is 58.9 Å². The van der Waals surface area contributed by atoms with Gasteiger partial charge in [-0.05, 0) is 18.2 Å². The van der Waals surface area contributed by atoms with E-state index in [-0.39, 0.29) is 16.5 Å². The Balaban J connectivity index is 1.86. The number of aromatic nitrogens is 2. The highest BCUT2D eigenvalue weighted by Crippen LogP contribution is 2.43. The maximum atomic E-state index is 12.9. The van der Waals surface area contributed by atoms with Gasteiger partial charge in [0.15, 0.2) is 17.4 Å². The van der Waals surface area contributed by atoms with E-state index in [2.05, 4.69) is 10.2 Å². The van der Waals surface area contributed by atoms with E-state index in [0.717, 1.165) is 11.3 Å². The van der Waals surface area contributed by atoms with Crippen LogP contribution in [0.2, 0.25) is 0 Å². The minimum Gasteiger partial charge on any atom is -0.503 e. The molecule has 1 amide bonds. The average Bonchev–Trinajstić information content (AvgIpc) is 3.43. The van der Waals surface area contributed by atoms with Gasteiger partial charge in [0.25, 0.3) is 5.91 Å². The van der Waals surface area contributed by atoms with Crippen molar-refractivity contribution in [2.24, 2.45) is 0 Å². The fraction of sp³-hybridized carbons (Fsp3) is 0.176. The van der Waals surface area contributed by atoms with Gasteiger partial charge in [-0.2, -0.15) is 0 Å². The summed E-state index contributed by atoms with van der Waals surface area (Å²) in [4.78, 5) is 28.6. The van der Waals surface area contributed by atoms with Gasteiger partial charge in [-0.1, -0.05) is 11.3 Å². The zero-order chi connectivity index (χ0) is 19.1. The van der Waals surface area contributed by atoms with E-state index in [1.54, 1.807) is 37.2 Å². The molecule has 0 aromatic carbocycles. The number of nitrogens with zero attached hydrogens (tertiary/aromatic N) is 4. The normalized spacial score (nSPS) is 17.0. The van der Waals surface area contributed by atoms with Crippen LogP contribution in [0.3, 0.4) is 0 Å². The smallest absolute Gasteiger partial charge is 0.296 e. The van der Waals surface area contributed by atoms with E-state index in [4.69, 9.17) is 8.83 Å². The van der Waals surface area contributed by atoms with E-state index in [1.165, 1.54) is 22.7 Å². The molecule has 0 spiro atoms. The second-order valence-electron chi connectivity index (χ2n) is 5.94. The van der Waals surface area contributed by atoms with E-state index >= 15 is 0 Å². The Labute approximate surface area is 157 Å². The Hall–Kier alpha value is -3.40. The summed E-state index contributed by atoms with van der Waals surface area (Å²) in [5, 5.41) is 18.4. The highest BCUT2D eigenvalue weighted by atomic mass is 32.1. The van der Waals surface area contributed by atoms with Gasteiger partial charge < -0.3 is 18.8 Å². The van der Waals surface area contributed by atoms with Gasteiger partial charge in [0.1, 0.15) is 17.3 Å². The molecule has 4 rings (SSSR count). The van der Waals surface area contributed by atoms with Gasteiger partial charge in [-0.15, -0.1) is 10.2 Å². The highest BCUT2D eigenvalue weighted by molar-refractivity contribution is 7.13. The van der Waals surface area contributed by atoms with Crippen LogP contribution in [0, 0.1) is 0 Å². The number of hydrogen-bond donors (Lipinski definition) is 1. The number of aliphatic hydroxyl groups excluding tert-OH is 1. The molecule has 138 valence electrons. The fourth-order valence-corrected chi connectivity index (χ4v) is 3.43. The van der Waals surface area contributed by atoms with Crippen molar-refractivity contribution in [1.82, 2.24) is 10.2 Å². The first-order valence-corrected chi connectivity index (χ1v) is 8.75. The summed E-state index contributed by atoms with van der Waals surface area (Å²) >= 11 is 1.11. The zero-order valence-corrected chi connectivity index (χ0v) is 15.1. The zero-order valence-electron chi connectivity index (χ0n) is 14.3. The molecule has 0 bridgehead atoms. The molecule has 0 aliphatic carbocycles. The van der Waals surface area contributed by atoms with Crippen LogP contribution >= 0.6 is 11.3 Å². The summed E-state index contributed by atoms with van der Waals surface area (Å²) in [7, 11) is 3.60. The fourth-order valence-electron chi connectivity index (χ4n) is 2.85. The van der Waals surface area contributed by atoms with Crippen molar-refractivity contribution in [1.29, 1.82) is 0 Å². The molecule has 10 heteroatoms. The van der Waals surface area contributed by atoms with E-state index < -0.39 is 23.5 Å². The third-order valence-electron chi connectivity index (χ3n) is 4.08. The second-order valence-corrected chi connectivity index (χ2v) is 6.75. The Morgan fingerprint density at radius 1 is 1.33 bits per heavy atom. The molecule has 1 aliphatic heterocycles. The number of carbonyl (C=O) groups excluding carboxylic acids is 2. The number of amides is 1. The molecule has 27 heavy (non-hydrogen) atoms. The predicted molar refractivity (Wildman–Crippen MR) is 95.9 cm³/mol. The highest BCUT2D eigenvalue weighted by Gasteiger charge is 2.48. The minimum absolute atomic E-state index is 0.00727. The summed E-state index contributed by atoms with van der Waals surface area (Å²) in [6.45, 7) is 0. The second kappa shape index (κ2) is 6.40. The van der Waals surface area contributed by atoms with Gasteiger partial charge in [-0.25, -0.2) is 0 Å². The van der Waals surface area contributed by atoms with Crippen molar-refractivity contribution in [2.75, 3.05) is 23.9 Å². The standard InChI is InChI=1S/C17H14N4O5S/c1-20(2)11-6-5-9(26-11)13-12(14(22)10-4-3-7-25-10)15(23)16(24)21(13)17-19-18-8-27-17/h3-8,13,23H,1-2H3. The molecule has 0 radical (unpaired) electrons. The largest absolute Gasteiger partial charge is 0.503 e. The number of Topliss-reactive ketones (excluding diaryl/α,β-unsaturated/α-hetero) is 1. The van der Waals surface area contributed by atoms with Crippen LogP contribution in [-0.4, -0.2) is 41.1 Å². The number of ketones is 1. The molecular weight excluding hydrogens is 372 g/mol. The van der Waals surface area contributed by atoms with Crippen LogP contribution in [0.1, 0.15) is 22.4 Å². The summed E-state index contributed by atoms with van der Waals surface area (Å²) in [6, 6.07) is 5.38. The summed E-state index contributed by atoms with van der Waals surface area (Å²) < 4.78 is 11.0. The third kappa shape index (κ3) is 2.70. The molecule has 1 unspecified atom stereocenters. The van der Waals surface area contributed by atoms with Crippen molar-refractivity contribution < 1.29 is 23.5 Å². The maximum Gasteiger partial charge on any atom is 0.296 e. The average molecular weight is 386 g/mol. The van der Waals surface area contributed by atoms with Crippen molar-refractivity contribution in [2.45, 2.75) is 6.04 Å². The first-order chi connectivity index (χ1) is 13.0. The molecule has 1 N–H and O–H groups in total. The van der Waals surface area contributed by atoms with Crippen LogP contribution in [0.25, 0.3) is 0 Å². The molecule has 9 nitrogen and oxygen atoms in total. The Bertz CT molecular complexity index is 1020. The van der Waals surface area contributed by atoms with Crippen LogP contribution < -0.4 is 9.80 Å². The van der Waals surface area contributed by atoms with E-state index in [0.29, 0.717) is 11.6 Å². The molecule has 0 fully saturated rings. The number of anilines is 2. The number of aliphatic hydroxyl groups is 1. The third-order valence-corrected chi connectivity index (χ3v) is 4.76. The number of hydrogen-bond acceptors (Lipinski definition) is 9. The lowest BCUT2D eigenvalue weighted by atomic mass is 10.00. The molecule has 0 saturated carbocycles. The predicted octanol–water partition coefficient (Wildman–Crippen LogP) is 2.57. The van der Waals surface area contributed by atoms with Gasteiger partial charge in [0.05, 0.1) is 11.8 Å². The molecule has 1 aliphatic rings.